The summed E-state index contributed by atoms with van der Waals surface area (Å²) in [6.45, 7) is 11.1. The Morgan fingerprint density at radius 2 is 1.48 bits per heavy atom. The Labute approximate surface area is 387 Å². The number of fused-ring (bicyclic) bond motifs is 6. The zero-order chi connectivity index (χ0) is 46.0. The molecule has 364 valence electrons. The molecule has 0 aromatic heterocycles. The van der Waals surface area contributed by atoms with Crippen LogP contribution in [-0.4, -0.2) is 155 Å². The maximum atomic E-state index is 14.4. The van der Waals surface area contributed by atoms with Gasteiger partial charge in [0.25, 0.3) is 5.91 Å². The second kappa shape index (κ2) is 19.0. The van der Waals surface area contributed by atoms with E-state index in [0.717, 1.165) is 49.7 Å². The topological polar surface area (TPSA) is 177 Å². The van der Waals surface area contributed by atoms with Crippen molar-refractivity contribution in [1.29, 1.82) is 0 Å². The molecule has 1 unspecified atom stereocenters. The summed E-state index contributed by atoms with van der Waals surface area (Å²) in [5.74, 6) is -0.300. The van der Waals surface area contributed by atoms with Crippen LogP contribution in [0, 0.1) is 11.8 Å². The van der Waals surface area contributed by atoms with Crippen LogP contribution in [0.5, 0.6) is 17.2 Å². The molecule has 16 heteroatoms. The first-order chi connectivity index (χ1) is 31.9. The number of hydrogen-bond donors (Lipinski definition) is 2. The Morgan fingerprint density at radius 1 is 0.773 bits per heavy atom. The van der Waals surface area contributed by atoms with Crippen molar-refractivity contribution in [2.75, 3.05) is 35.0 Å². The van der Waals surface area contributed by atoms with E-state index < -0.39 is 42.2 Å². The lowest BCUT2D eigenvalue weighted by Crippen LogP contribution is -2.61. The van der Waals surface area contributed by atoms with Crippen LogP contribution >= 0.6 is 0 Å². The number of ketones is 1. The summed E-state index contributed by atoms with van der Waals surface area (Å²) in [6, 6.07) is 3.11. The highest BCUT2D eigenvalue weighted by molar-refractivity contribution is 5.95. The number of nitrogens with one attached hydrogen (secondary N) is 1. The zero-order valence-corrected chi connectivity index (χ0v) is 39.0. The highest BCUT2D eigenvalue weighted by Gasteiger charge is 2.69. The third kappa shape index (κ3) is 8.86. The van der Waals surface area contributed by atoms with E-state index in [2.05, 4.69) is 25.4 Å². The number of aliphatic hydroxyl groups excluding tert-OH is 1. The maximum absolute atomic E-state index is 14.4. The van der Waals surface area contributed by atoms with Crippen LogP contribution in [0.15, 0.2) is 36.4 Å². The lowest BCUT2D eigenvalue weighted by Gasteiger charge is -2.47. The van der Waals surface area contributed by atoms with Gasteiger partial charge in [-0.15, -0.1) is 0 Å². The lowest BCUT2D eigenvalue weighted by molar-refractivity contribution is -0.292. The SMILES string of the molecule is C=C1C[C@@H]2CC[C@@]34C[C@@H]5O[C@@H]6C(O[C@H]7CC[C@H](CC(=O)C[C@@H]8[C@@H](OC)[C@@H](C[C@H](O)CNC(=O)c9cc(OC)c(OC)c(OC)c9)O[C@H]8C[C@H]8O[C@@H](CC[C@@H]1O2)C[C@@H](C)C8=C)O[C@@H]7[C@@H]6O3)[C@H]5O4. The first kappa shape index (κ1) is 46.6. The van der Waals surface area contributed by atoms with Crippen molar-refractivity contribution in [3.8, 4) is 17.2 Å². The molecule has 0 radical (unpaired) electrons. The molecule has 0 saturated carbocycles. The van der Waals surface area contributed by atoms with E-state index in [9.17, 15) is 14.7 Å². The molecule has 19 atom stereocenters. The molecule has 12 bridgehead atoms. The van der Waals surface area contributed by atoms with Crippen LogP contribution in [0.3, 0.4) is 0 Å². The molecule has 1 aromatic rings. The van der Waals surface area contributed by atoms with E-state index in [0.29, 0.717) is 42.9 Å². The summed E-state index contributed by atoms with van der Waals surface area (Å²) in [5, 5.41) is 14.3. The van der Waals surface area contributed by atoms with Crippen LogP contribution < -0.4 is 19.5 Å². The average molecular weight is 924 g/mol. The van der Waals surface area contributed by atoms with Crippen molar-refractivity contribution in [2.24, 2.45) is 11.8 Å². The largest absolute Gasteiger partial charge is 0.493 e. The first-order valence-electron chi connectivity index (χ1n) is 24.3. The Morgan fingerprint density at radius 3 is 2.24 bits per heavy atom. The highest BCUT2D eigenvalue weighted by Crippen LogP contribution is 2.54. The maximum Gasteiger partial charge on any atom is 0.251 e. The molecule has 1 spiro atoms. The van der Waals surface area contributed by atoms with Gasteiger partial charge in [0.2, 0.25) is 5.75 Å². The summed E-state index contributed by atoms with van der Waals surface area (Å²) in [4.78, 5) is 27.8. The van der Waals surface area contributed by atoms with Crippen molar-refractivity contribution in [3.05, 3.63) is 42.0 Å². The summed E-state index contributed by atoms with van der Waals surface area (Å²) >= 11 is 0. The Kier molecular flexibility index (Phi) is 13.4. The minimum absolute atomic E-state index is 0.0122. The molecule has 16 nitrogen and oxygen atoms in total. The molecule has 66 heavy (non-hydrogen) atoms. The first-order valence-corrected chi connectivity index (χ1v) is 24.3. The molecule has 10 aliphatic rings. The third-order valence-corrected chi connectivity index (χ3v) is 16.1. The van der Waals surface area contributed by atoms with Crippen LogP contribution in [0.25, 0.3) is 0 Å². The van der Waals surface area contributed by atoms with Gasteiger partial charge in [0, 0.05) is 63.7 Å². The van der Waals surface area contributed by atoms with Crippen LogP contribution in [-0.2, 0) is 47.4 Å². The number of Topliss-reactive ketones (excluding diaryl/α,β-unsaturated/α-hetero) is 1. The van der Waals surface area contributed by atoms with Gasteiger partial charge in [-0.25, -0.2) is 0 Å². The van der Waals surface area contributed by atoms with Gasteiger partial charge in [-0.1, -0.05) is 20.1 Å². The molecule has 11 rings (SSSR count). The second-order valence-corrected chi connectivity index (χ2v) is 20.3. The van der Waals surface area contributed by atoms with Gasteiger partial charge in [0.05, 0.1) is 88.5 Å². The number of methoxy groups -OCH3 is 4. The number of amides is 1. The molecule has 10 aliphatic heterocycles. The number of carbonyl (C=O) groups excluding carboxylic acids is 2. The number of aliphatic hydroxyl groups is 1. The van der Waals surface area contributed by atoms with Crippen molar-refractivity contribution in [1.82, 2.24) is 5.32 Å². The van der Waals surface area contributed by atoms with E-state index in [1.54, 1.807) is 19.2 Å². The molecule has 10 saturated heterocycles. The van der Waals surface area contributed by atoms with Crippen LogP contribution in [0.2, 0.25) is 0 Å². The fourth-order valence-electron chi connectivity index (χ4n) is 12.8. The molecule has 0 aliphatic carbocycles. The summed E-state index contributed by atoms with van der Waals surface area (Å²) < 4.78 is 76.9. The van der Waals surface area contributed by atoms with E-state index in [1.165, 1.54) is 21.3 Å². The fraction of sp³-hybridized carbons (Fsp3) is 0.760. The third-order valence-electron chi connectivity index (χ3n) is 16.1. The smallest absolute Gasteiger partial charge is 0.251 e. The fourth-order valence-corrected chi connectivity index (χ4v) is 12.8. The Balaban J connectivity index is 0.875. The van der Waals surface area contributed by atoms with Gasteiger partial charge in [0.1, 0.15) is 36.3 Å². The van der Waals surface area contributed by atoms with E-state index in [4.69, 9.17) is 56.8 Å². The van der Waals surface area contributed by atoms with E-state index in [-0.39, 0.29) is 116 Å². The summed E-state index contributed by atoms with van der Waals surface area (Å²) in [6.07, 6.45) is 2.74. The summed E-state index contributed by atoms with van der Waals surface area (Å²) in [7, 11) is 6.07. The van der Waals surface area contributed by atoms with Gasteiger partial charge in [-0.3, -0.25) is 9.59 Å². The number of benzene rings is 1. The monoisotopic (exact) mass is 923 g/mol. The minimum Gasteiger partial charge on any atom is -0.493 e. The van der Waals surface area contributed by atoms with E-state index in [1.807, 2.05) is 0 Å². The highest BCUT2D eigenvalue weighted by atomic mass is 16.8. The van der Waals surface area contributed by atoms with Gasteiger partial charge in [0.15, 0.2) is 17.3 Å². The Hall–Kier alpha value is -3.16. The van der Waals surface area contributed by atoms with Gasteiger partial charge < -0.3 is 67.3 Å². The predicted octanol–water partition coefficient (Wildman–Crippen LogP) is 4.94. The molecular formula is C50H69NO15. The quantitative estimate of drug-likeness (QED) is 0.319. The van der Waals surface area contributed by atoms with Gasteiger partial charge in [-0.2, -0.15) is 0 Å². The molecule has 1 amide bonds. The predicted molar refractivity (Wildman–Crippen MR) is 236 cm³/mol. The number of carbonyl (C=O) groups is 2. The standard InChI is InChI=1S/C50H69NO15/c1-24-14-30-8-10-34-25(2)15-32(59-34)12-13-50-22-41-45(65-50)46-47(64-41)48(66-50)44-35(63-46)11-9-31(61-44)18-28(52)19-33-37(21-36(60-30)26(24)3)62-40(42(33)57-6)20-29(53)23-51-49(54)27-16-38(55-4)43(58-7)39(17-27)56-5/h16-17,24,29-37,40-42,44-48,53H,2-3,8-15,18-23H2,1,4-7H3,(H,51,54)/t24-,29+,30+,31-,32+,33+,34+,35+,36-,37+,40-,41+,42-,44+,45+,46?,47-,48+,50+/m1/s1. The van der Waals surface area contributed by atoms with Crippen molar-refractivity contribution >= 4 is 11.7 Å². The van der Waals surface area contributed by atoms with Crippen molar-refractivity contribution in [3.63, 3.8) is 0 Å². The van der Waals surface area contributed by atoms with E-state index >= 15 is 0 Å². The van der Waals surface area contributed by atoms with Gasteiger partial charge >= 0.3 is 0 Å². The lowest BCUT2D eigenvalue weighted by atomic mass is 9.81. The van der Waals surface area contributed by atoms with Crippen LogP contribution in [0.4, 0.5) is 0 Å². The molecule has 1 aromatic carbocycles. The number of hydrogen-bond acceptors (Lipinski definition) is 15. The normalized spacial score (nSPS) is 43.5. The van der Waals surface area contributed by atoms with Gasteiger partial charge in [-0.05, 0) is 74.1 Å². The second-order valence-electron chi connectivity index (χ2n) is 20.3. The molecular weight excluding hydrogens is 855 g/mol. The molecule has 10 heterocycles. The van der Waals surface area contributed by atoms with Crippen molar-refractivity contribution in [2.45, 2.75) is 194 Å². The summed E-state index contributed by atoms with van der Waals surface area (Å²) in [5.41, 5.74) is 2.39. The van der Waals surface area contributed by atoms with Crippen molar-refractivity contribution < 1.29 is 71.5 Å². The number of rotatable bonds is 9. The average Bonchev–Trinajstić information content (AvgIpc) is 3.99. The Bertz CT molecular complexity index is 1970. The van der Waals surface area contributed by atoms with Crippen LogP contribution in [0.1, 0.15) is 101 Å². The molecule has 2 N–H and O–H groups in total. The number of ether oxygens (including phenoxy) is 12. The minimum atomic E-state index is -0.996. The zero-order valence-electron chi connectivity index (χ0n) is 39.0. The molecule has 10 fully saturated rings.